The maximum atomic E-state index is 13.0. The second-order valence-electron chi connectivity index (χ2n) is 6.09. The van der Waals surface area contributed by atoms with Crippen LogP contribution in [0, 0.1) is 0 Å². The Labute approximate surface area is 186 Å². The van der Waals surface area contributed by atoms with Gasteiger partial charge in [0.15, 0.2) is 4.75 Å². The van der Waals surface area contributed by atoms with Crippen LogP contribution >= 0.6 is 46.4 Å². The van der Waals surface area contributed by atoms with E-state index in [1.54, 1.807) is 6.07 Å². The predicted molar refractivity (Wildman–Crippen MR) is 114 cm³/mol. The van der Waals surface area contributed by atoms with Crippen LogP contribution in [-0.4, -0.2) is 23.2 Å². The van der Waals surface area contributed by atoms with E-state index in [4.69, 9.17) is 46.4 Å². The molecule has 3 aromatic rings. The molecule has 0 aromatic heterocycles. The summed E-state index contributed by atoms with van der Waals surface area (Å²) < 4.78 is 34.0. The second-order valence-corrected chi connectivity index (χ2v) is 9.28. The fourth-order valence-corrected chi connectivity index (χ4v) is 5.47. The molecule has 0 fully saturated rings. The Kier molecular flexibility index (Phi) is 5.98. The fraction of sp³-hybridized carbons (Fsp3) is 0.0526. The highest BCUT2D eigenvalue weighted by Gasteiger charge is 2.51. The third-order valence-corrected chi connectivity index (χ3v) is 7.12. The summed E-state index contributed by atoms with van der Waals surface area (Å²) >= 11 is 24.5. The van der Waals surface area contributed by atoms with Gasteiger partial charge in [-0.05, 0) is 29.8 Å². The predicted octanol–water partition coefficient (Wildman–Crippen LogP) is 5.89. The molecular formula is C19H12Cl4O5S. The zero-order chi connectivity index (χ0) is 21.6. The molecular weight excluding hydrogens is 482 g/mol. The van der Waals surface area contributed by atoms with E-state index < -0.39 is 20.6 Å². The number of halogens is 4. The topological polar surface area (TPSA) is 94.8 Å². The van der Waals surface area contributed by atoms with Gasteiger partial charge in [0, 0.05) is 27.2 Å². The Morgan fingerprint density at radius 1 is 0.690 bits per heavy atom. The molecule has 3 aromatic carbocycles. The first-order valence-electron chi connectivity index (χ1n) is 7.89. The fourth-order valence-electron chi connectivity index (χ4n) is 3.17. The highest BCUT2D eigenvalue weighted by molar-refractivity contribution is 7.87. The van der Waals surface area contributed by atoms with Crippen molar-refractivity contribution in [2.45, 2.75) is 4.75 Å². The molecule has 152 valence electrons. The van der Waals surface area contributed by atoms with E-state index >= 15 is 0 Å². The highest BCUT2D eigenvalue weighted by Crippen LogP contribution is 2.50. The Morgan fingerprint density at radius 2 is 1.31 bits per heavy atom. The van der Waals surface area contributed by atoms with Crippen molar-refractivity contribution >= 4 is 56.5 Å². The number of phenols is 2. The third-order valence-electron chi connectivity index (χ3n) is 4.41. The van der Waals surface area contributed by atoms with Gasteiger partial charge in [0.2, 0.25) is 0 Å². The monoisotopic (exact) mass is 492 g/mol. The average molecular weight is 494 g/mol. The van der Waals surface area contributed by atoms with Gasteiger partial charge in [-0.2, -0.15) is 8.42 Å². The second kappa shape index (κ2) is 7.87. The molecule has 0 radical (unpaired) electrons. The van der Waals surface area contributed by atoms with E-state index in [1.165, 1.54) is 30.3 Å². The van der Waals surface area contributed by atoms with Crippen molar-refractivity contribution in [3.63, 3.8) is 0 Å². The molecule has 0 heterocycles. The smallest absolute Gasteiger partial charge is 0.283 e. The molecule has 0 spiro atoms. The van der Waals surface area contributed by atoms with E-state index in [1.807, 2.05) is 0 Å². The summed E-state index contributed by atoms with van der Waals surface area (Å²) in [6.45, 7) is 0. The van der Waals surface area contributed by atoms with Crippen LogP contribution in [-0.2, 0) is 14.9 Å². The minimum absolute atomic E-state index is 0.000158. The van der Waals surface area contributed by atoms with Gasteiger partial charge in [-0.15, -0.1) is 0 Å². The van der Waals surface area contributed by atoms with Crippen molar-refractivity contribution in [3.8, 4) is 11.5 Å². The van der Waals surface area contributed by atoms with Crippen LogP contribution in [0.5, 0.6) is 11.5 Å². The van der Waals surface area contributed by atoms with Crippen LogP contribution in [0.3, 0.4) is 0 Å². The zero-order valence-electron chi connectivity index (χ0n) is 14.3. The minimum atomic E-state index is -5.05. The SMILES string of the molecule is O=S(=O)(O)C(c1ccc(Cl)c(O)c1)(c1ccccc1Cl)c1cc(Cl)c(O)cc1Cl. The van der Waals surface area contributed by atoms with Gasteiger partial charge < -0.3 is 10.2 Å². The number of rotatable bonds is 4. The lowest BCUT2D eigenvalue weighted by atomic mass is 9.83. The summed E-state index contributed by atoms with van der Waals surface area (Å²) in [5.74, 6) is -0.812. The van der Waals surface area contributed by atoms with Gasteiger partial charge in [0.25, 0.3) is 10.1 Å². The van der Waals surface area contributed by atoms with E-state index in [2.05, 4.69) is 0 Å². The molecule has 0 bridgehead atoms. The molecule has 0 amide bonds. The Bertz CT molecular complexity index is 1210. The average Bonchev–Trinajstić information content (AvgIpc) is 2.63. The number of hydrogen-bond acceptors (Lipinski definition) is 4. The van der Waals surface area contributed by atoms with E-state index in [0.29, 0.717) is 0 Å². The molecule has 0 saturated heterocycles. The lowest BCUT2D eigenvalue weighted by Gasteiger charge is -2.34. The van der Waals surface area contributed by atoms with E-state index in [0.717, 1.165) is 18.2 Å². The van der Waals surface area contributed by atoms with Crippen LogP contribution in [0.25, 0.3) is 0 Å². The standard InChI is InChI=1S/C19H12Cl4O5S/c20-13-4-2-1-3-11(13)19(29(26,27)28,10-5-6-14(21)17(24)7-10)12-8-16(23)18(25)9-15(12)22/h1-9,24-25H,(H,26,27,28). The Balaban J connectivity index is 2.61. The summed E-state index contributed by atoms with van der Waals surface area (Å²) in [5, 5.41) is 19.5. The third kappa shape index (κ3) is 3.65. The molecule has 0 saturated carbocycles. The first-order valence-corrected chi connectivity index (χ1v) is 10.8. The van der Waals surface area contributed by atoms with Crippen molar-refractivity contribution in [2.75, 3.05) is 0 Å². The largest absolute Gasteiger partial charge is 0.506 e. The summed E-state index contributed by atoms with van der Waals surface area (Å²) in [6.07, 6.45) is 0. The first kappa shape index (κ1) is 22.0. The molecule has 0 aliphatic rings. The van der Waals surface area contributed by atoms with Crippen molar-refractivity contribution in [1.82, 2.24) is 0 Å². The number of phenolic OH excluding ortho intramolecular Hbond substituents is 2. The maximum Gasteiger partial charge on any atom is 0.283 e. The van der Waals surface area contributed by atoms with Crippen LogP contribution in [0.15, 0.2) is 54.6 Å². The van der Waals surface area contributed by atoms with Gasteiger partial charge in [-0.1, -0.05) is 70.7 Å². The van der Waals surface area contributed by atoms with E-state index in [-0.39, 0.29) is 42.5 Å². The number of hydrogen-bond donors (Lipinski definition) is 3. The Hall–Kier alpha value is -1.67. The maximum absolute atomic E-state index is 13.0. The van der Waals surface area contributed by atoms with Crippen molar-refractivity contribution in [1.29, 1.82) is 0 Å². The Morgan fingerprint density at radius 3 is 1.90 bits per heavy atom. The summed E-state index contributed by atoms with van der Waals surface area (Å²) in [6, 6.07) is 11.7. The molecule has 0 aliphatic carbocycles. The van der Waals surface area contributed by atoms with Crippen LogP contribution in [0.2, 0.25) is 20.1 Å². The summed E-state index contributed by atoms with van der Waals surface area (Å²) in [5.41, 5.74) is -0.326. The lowest BCUT2D eigenvalue weighted by Crippen LogP contribution is -2.38. The normalized spacial score (nSPS) is 13.8. The summed E-state index contributed by atoms with van der Waals surface area (Å²) in [4.78, 5) is 0. The first-order chi connectivity index (χ1) is 13.5. The minimum Gasteiger partial charge on any atom is -0.506 e. The van der Waals surface area contributed by atoms with Gasteiger partial charge in [-0.3, -0.25) is 4.55 Å². The van der Waals surface area contributed by atoms with Crippen LogP contribution in [0.1, 0.15) is 16.7 Å². The number of aromatic hydroxyl groups is 2. The van der Waals surface area contributed by atoms with Crippen LogP contribution < -0.4 is 0 Å². The van der Waals surface area contributed by atoms with E-state index in [9.17, 15) is 23.2 Å². The quantitative estimate of drug-likeness (QED) is 0.311. The summed E-state index contributed by atoms with van der Waals surface area (Å²) in [7, 11) is -5.05. The zero-order valence-corrected chi connectivity index (χ0v) is 18.1. The van der Waals surface area contributed by atoms with Gasteiger partial charge in [-0.25, -0.2) is 0 Å². The molecule has 29 heavy (non-hydrogen) atoms. The van der Waals surface area contributed by atoms with Crippen LogP contribution in [0.4, 0.5) is 0 Å². The molecule has 5 nitrogen and oxygen atoms in total. The molecule has 3 rings (SSSR count). The van der Waals surface area contributed by atoms with Gasteiger partial charge in [0.05, 0.1) is 10.0 Å². The van der Waals surface area contributed by atoms with Gasteiger partial charge in [0.1, 0.15) is 11.5 Å². The van der Waals surface area contributed by atoms with Crippen molar-refractivity contribution < 1.29 is 23.2 Å². The molecule has 10 heteroatoms. The number of benzene rings is 3. The lowest BCUT2D eigenvalue weighted by molar-refractivity contribution is 0.455. The molecule has 0 aliphatic heterocycles. The van der Waals surface area contributed by atoms with Crippen molar-refractivity contribution in [2.24, 2.45) is 0 Å². The molecule has 1 atom stereocenters. The molecule has 3 N–H and O–H groups in total. The van der Waals surface area contributed by atoms with Gasteiger partial charge >= 0.3 is 0 Å². The van der Waals surface area contributed by atoms with Crippen molar-refractivity contribution in [3.05, 3.63) is 91.4 Å². The highest BCUT2D eigenvalue weighted by atomic mass is 35.5. The molecule has 1 unspecified atom stereocenters.